The highest BCUT2D eigenvalue weighted by molar-refractivity contribution is 7.97. The molecule has 0 fully saturated rings. The highest BCUT2D eigenvalue weighted by Gasteiger charge is 2.19. The van der Waals surface area contributed by atoms with Crippen molar-refractivity contribution in [1.82, 2.24) is 9.47 Å². The highest BCUT2D eigenvalue weighted by atomic mass is 32.2. The predicted molar refractivity (Wildman–Crippen MR) is 67.2 cm³/mol. The third-order valence-corrected chi connectivity index (χ3v) is 3.74. The number of aromatic nitrogens is 1. The minimum Gasteiger partial charge on any atom is -0.345 e. The Morgan fingerprint density at radius 1 is 1.33 bits per heavy atom. The molecule has 0 atom stereocenters. The van der Waals surface area contributed by atoms with Crippen molar-refractivity contribution < 1.29 is 0 Å². The molecule has 15 heavy (non-hydrogen) atoms. The van der Waals surface area contributed by atoms with Crippen LogP contribution in [0.2, 0.25) is 0 Å². The lowest BCUT2D eigenvalue weighted by atomic mass is 10.2. The summed E-state index contributed by atoms with van der Waals surface area (Å²) in [5.74, 6) is 1.14. The Labute approximate surface area is 96.6 Å². The Bertz CT molecular complexity index is 330. The van der Waals surface area contributed by atoms with Gasteiger partial charge in [0.1, 0.15) is 0 Å². The molecule has 2 nitrogen and oxygen atoms in total. The first-order chi connectivity index (χ1) is 7.22. The normalized spacial score (nSPS) is 17.1. The highest BCUT2D eigenvalue weighted by Crippen LogP contribution is 2.20. The van der Waals surface area contributed by atoms with E-state index in [9.17, 15) is 0 Å². The van der Waals surface area contributed by atoms with Crippen molar-refractivity contribution in [3.8, 4) is 0 Å². The summed E-state index contributed by atoms with van der Waals surface area (Å²) in [4.78, 5) is 2.54. The molecule has 3 heteroatoms. The molecule has 0 saturated carbocycles. The fourth-order valence-electron chi connectivity index (χ4n) is 2.21. The van der Waals surface area contributed by atoms with E-state index in [1.54, 1.807) is 0 Å². The van der Waals surface area contributed by atoms with Gasteiger partial charge in [0.15, 0.2) is 0 Å². The first kappa shape index (κ1) is 11.1. The van der Waals surface area contributed by atoms with E-state index in [1.165, 1.54) is 17.9 Å². The zero-order chi connectivity index (χ0) is 10.8. The summed E-state index contributed by atoms with van der Waals surface area (Å²) in [7, 11) is 0. The van der Waals surface area contributed by atoms with E-state index in [2.05, 4.69) is 41.7 Å². The molecule has 1 aliphatic heterocycles. The fraction of sp³-hybridized carbons (Fsp3) is 0.667. The zero-order valence-corrected chi connectivity index (χ0v) is 10.7. The van der Waals surface area contributed by atoms with Gasteiger partial charge in [0.05, 0.1) is 0 Å². The van der Waals surface area contributed by atoms with Gasteiger partial charge in [-0.05, 0) is 32.2 Å². The van der Waals surface area contributed by atoms with Gasteiger partial charge in [-0.3, -0.25) is 4.90 Å². The second-order valence-corrected chi connectivity index (χ2v) is 5.33. The molecule has 0 bridgehead atoms. The van der Waals surface area contributed by atoms with Crippen molar-refractivity contribution >= 4 is 11.8 Å². The Kier molecular flexibility index (Phi) is 3.42. The van der Waals surface area contributed by atoms with Crippen molar-refractivity contribution in [2.45, 2.75) is 38.7 Å². The first-order valence-corrected chi connectivity index (χ1v) is 7.02. The van der Waals surface area contributed by atoms with Crippen molar-refractivity contribution in [1.29, 1.82) is 0 Å². The molecule has 0 saturated heterocycles. The SMILES string of the molecule is CSCc1ccc2n1CCN(C(C)C)C2. The lowest BCUT2D eigenvalue weighted by Crippen LogP contribution is -2.38. The minimum atomic E-state index is 0.664. The van der Waals surface area contributed by atoms with Crippen LogP contribution < -0.4 is 0 Å². The molecule has 1 aromatic heterocycles. The van der Waals surface area contributed by atoms with Crippen LogP contribution in [-0.4, -0.2) is 28.3 Å². The second-order valence-electron chi connectivity index (χ2n) is 4.46. The van der Waals surface area contributed by atoms with Crippen molar-refractivity contribution in [2.24, 2.45) is 0 Å². The van der Waals surface area contributed by atoms with E-state index in [1.807, 2.05) is 11.8 Å². The van der Waals surface area contributed by atoms with E-state index >= 15 is 0 Å². The number of hydrogen-bond acceptors (Lipinski definition) is 2. The predicted octanol–water partition coefficient (Wildman–Crippen LogP) is 2.58. The Hall–Kier alpha value is -0.410. The number of rotatable bonds is 3. The van der Waals surface area contributed by atoms with E-state index < -0.39 is 0 Å². The Morgan fingerprint density at radius 3 is 2.80 bits per heavy atom. The molecule has 0 unspecified atom stereocenters. The van der Waals surface area contributed by atoms with Crippen LogP contribution in [-0.2, 0) is 18.8 Å². The molecule has 0 aromatic carbocycles. The summed E-state index contributed by atoms with van der Waals surface area (Å²) in [6, 6.07) is 5.24. The fourth-order valence-corrected chi connectivity index (χ4v) is 2.76. The average molecular weight is 224 g/mol. The van der Waals surface area contributed by atoms with E-state index in [0.29, 0.717) is 6.04 Å². The molecular weight excluding hydrogens is 204 g/mol. The summed E-state index contributed by atoms with van der Waals surface area (Å²) in [6.45, 7) is 8.03. The van der Waals surface area contributed by atoms with Crippen molar-refractivity contribution in [3.05, 3.63) is 23.5 Å². The van der Waals surface area contributed by atoms with E-state index in [0.717, 1.165) is 18.8 Å². The summed E-state index contributed by atoms with van der Waals surface area (Å²) >= 11 is 1.90. The molecule has 0 aliphatic carbocycles. The van der Waals surface area contributed by atoms with Crippen LogP contribution in [0.3, 0.4) is 0 Å². The number of thioether (sulfide) groups is 1. The van der Waals surface area contributed by atoms with Crippen LogP contribution in [0.1, 0.15) is 25.2 Å². The van der Waals surface area contributed by atoms with Gasteiger partial charge < -0.3 is 4.57 Å². The van der Waals surface area contributed by atoms with Gasteiger partial charge in [-0.2, -0.15) is 11.8 Å². The number of hydrogen-bond donors (Lipinski definition) is 0. The molecule has 0 radical (unpaired) electrons. The maximum absolute atomic E-state index is 2.54. The molecule has 0 amide bonds. The second kappa shape index (κ2) is 4.62. The summed E-state index contributed by atoms with van der Waals surface area (Å²) in [5.41, 5.74) is 2.97. The van der Waals surface area contributed by atoms with Crippen molar-refractivity contribution in [3.63, 3.8) is 0 Å². The van der Waals surface area contributed by atoms with Gasteiger partial charge in [-0.15, -0.1) is 0 Å². The van der Waals surface area contributed by atoms with Crippen LogP contribution in [0.25, 0.3) is 0 Å². The van der Waals surface area contributed by atoms with Gasteiger partial charge >= 0.3 is 0 Å². The maximum Gasteiger partial charge on any atom is 0.0390 e. The summed E-state index contributed by atoms with van der Waals surface area (Å²) < 4.78 is 2.50. The lowest BCUT2D eigenvalue weighted by Gasteiger charge is -2.32. The third kappa shape index (κ3) is 2.23. The van der Waals surface area contributed by atoms with Gasteiger partial charge in [0, 0.05) is 42.8 Å². The monoisotopic (exact) mass is 224 g/mol. The largest absolute Gasteiger partial charge is 0.345 e. The van der Waals surface area contributed by atoms with Gasteiger partial charge in [0.25, 0.3) is 0 Å². The lowest BCUT2D eigenvalue weighted by molar-refractivity contribution is 0.176. The first-order valence-electron chi connectivity index (χ1n) is 5.62. The van der Waals surface area contributed by atoms with Crippen LogP contribution in [0, 0.1) is 0 Å². The Balaban J connectivity index is 2.15. The van der Waals surface area contributed by atoms with Crippen molar-refractivity contribution in [2.75, 3.05) is 12.8 Å². The van der Waals surface area contributed by atoms with Crippen LogP contribution in [0.15, 0.2) is 12.1 Å². The van der Waals surface area contributed by atoms with Gasteiger partial charge in [-0.1, -0.05) is 0 Å². The van der Waals surface area contributed by atoms with E-state index in [-0.39, 0.29) is 0 Å². The molecule has 1 aromatic rings. The van der Waals surface area contributed by atoms with Crippen LogP contribution in [0.4, 0.5) is 0 Å². The molecule has 2 heterocycles. The van der Waals surface area contributed by atoms with Crippen LogP contribution in [0.5, 0.6) is 0 Å². The van der Waals surface area contributed by atoms with E-state index in [4.69, 9.17) is 0 Å². The molecular formula is C12H20N2S. The third-order valence-electron chi connectivity index (χ3n) is 3.16. The summed E-state index contributed by atoms with van der Waals surface area (Å²) in [5, 5.41) is 0. The molecule has 0 spiro atoms. The molecule has 84 valence electrons. The minimum absolute atomic E-state index is 0.664. The molecule has 2 rings (SSSR count). The van der Waals surface area contributed by atoms with Crippen LogP contribution >= 0.6 is 11.8 Å². The quantitative estimate of drug-likeness (QED) is 0.780. The maximum atomic E-state index is 2.54. The molecule has 1 aliphatic rings. The Morgan fingerprint density at radius 2 is 2.13 bits per heavy atom. The standard InChI is InChI=1S/C12H20N2S/c1-10(2)13-6-7-14-11(8-13)4-5-12(14)9-15-3/h4-5,10H,6-9H2,1-3H3. The molecule has 0 N–H and O–H groups in total. The summed E-state index contributed by atoms with van der Waals surface area (Å²) in [6.07, 6.45) is 2.17. The average Bonchev–Trinajstić information content (AvgIpc) is 2.61. The zero-order valence-electron chi connectivity index (χ0n) is 9.86. The van der Waals surface area contributed by atoms with Gasteiger partial charge in [0.2, 0.25) is 0 Å². The smallest absolute Gasteiger partial charge is 0.0390 e. The van der Waals surface area contributed by atoms with Gasteiger partial charge in [-0.25, -0.2) is 0 Å². The number of fused-ring (bicyclic) bond motifs is 1. The topological polar surface area (TPSA) is 8.17 Å². The number of nitrogens with zero attached hydrogens (tertiary/aromatic N) is 2.